The smallest absolute Gasteiger partial charge is 0.354 e. The molecule has 3 rings (SSSR count). The van der Waals surface area contributed by atoms with Crippen LogP contribution in [0.2, 0.25) is 0 Å². The van der Waals surface area contributed by atoms with Crippen molar-refractivity contribution in [1.82, 2.24) is 10.3 Å². The standard InChI is InChI=1S/C15H18N2O3/c18-13(10-2-5-12(14(19)20)16-8-10)17-9-15(6-1-7-15)11-3-4-11/h2,5,8,11H,1,3-4,6-7,9H2,(H,17,18)(H,19,20). The van der Waals surface area contributed by atoms with Crippen LogP contribution in [0.5, 0.6) is 0 Å². The van der Waals surface area contributed by atoms with Crippen molar-refractivity contribution >= 4 is 11.9 Å². The summed E-state index contributed by atoms with van der Waals surface area (Å²) >= 11 is 0. The Morgan fingerprint density at radius 1 is 1.35 bits per heavy atom. The molecule has 106 valence electrons. The van der Waals surface area contributed by atoms with Crippen LogP contribution in [0.15, 0.2) is 18.3 Å². The minimum absolute atomic E-state index is 0.0463. The van der Waals surface area contributed by atoms with Gasteiger partial charge in [0.05, 0.1) is 5.56 Å². The van der Waals surface area contributed by atoms with Gasteiger partial charge in [-0.05, 0) is 49.1 Å². The first-order valence-corrected chi connectivity index (χ1v) is 7.08. The first-order chi connectivity index (χ1) is 9.61. The van der Waals surface area contributed by atoms with Gasteiger partial charge in [0, 0.05) is 12.7 Å². The minimum atomic E-state index is -1.08. The fraction of sp³-hybridized carbons (Fsp3) is 0.533. The van der Waals surface area contributed by atoms with Crippen LogP contribution in [-0.4, -0.2) is 28.5 Å². The van der Waals surface area contributed by atoms with E-state index in [0.717, 1.165) is 12.5 Å². The Bertz CT molecular complexity index is 531. The number of pyridine rings is 1. The predicted octanol–water partition coefficient (Wildman–Crippen LogP) is 2.09. The second-order valence-electron chi connectivity index (χ2n) is 5.91. The molecular weight excluding hydrogens is 256 g/mol. The molecule has 2 aliphatic rings. The highest BCUT2D eigenvalue weighted by atomic mass is 16.4. The van der Waals surface area contributed by atoms with Crippen molar-refractivity contribution in [2.75, 3.05) is 6.54 Å². The van der Waals surface area contributed by atoms with Crippen LogP contribution >= 0.6 is 0 Å². The Hall–Kier alpha value is -1.91. The number of aromatic carboxylic acids is 1. The number of nitrogens with zero attached hydrogens (tertiary/aromatic N) is 1. The number of amides is 1. The van der Waals surface area contributed by atoms with Gasteiger partial charge in [0.25, 0.3) is 5.91 Å². The van der Waals surface area contributed by atoms with Crippen LogP contribution in [0.1, 0.15) is 53.0 Å². The van der Waals surface area contributed by atoms with E-state index in [4.69, 9.17) is 5.11 Å². The molecule has 5 heteroatoms. The number of rotatable bonds is 5. The van der Waals surface area contributed by atoms with Gasteiger partial charge >= 0.3 is 5.97 Å². The van der Waals surface area contributed by atoms with Crippen LogP contribution in [0.4, 0.5) is 0 Å². The summed E-state index contributed by atoms with van der Waals surface area (Å²) in [4.78, 5) is 26.5. The molecule has 0 radical (unpaired) electrons. The molecule has 0 unspecified atom stereocenters. The summed E-state index contributed by atoms with van der Waals surface area (Å²) in [6.45, 7) is 0.733. The summed E-state index contributed by atoms with van der Waals surface area (Å²) < 4.78 is 0. The number of carbonyl (C=O) groups excluding carboxylic acids is 1. The van der Waals surface area contributed by atoms with Crippen molar-refractivity contribution in [2.45, 2.75) is 32.1 Å². The molecule has 2 aliphatic carbocycles. The summed E-state index contributed by atoms with van der Waals surface area (Å²) in [6.07, 6.45) is 7.61. The second kappa shape index (κ2) is 4.89. The number of aromatic nitrogens is 1. The summed E-state index contributed by atoms with van der Waals surface area (Å²) in [7, 11) is 0. The average molecular weight is 274 g/mol. The summed E-state index contributed by atoms with van der Waals surface area (Å²) in [5, 5.41) is 11.8. The molecule has 1 aromatic heterocycles. The van der Waals surface area contributed by atoms with Crippen molar-refractivity contribution in [3.63, 3.8) is 0 Å². The van der Waals surface area contributed by atoms with Gasteiger partial charge in [-0.1, -0.05) is 6.42 Å². The average Bonchev–Trinajstić information content (AvgIpc) is 3.22. The van der Waals surface area contributed by atoms with E-state index in [1.54, 1.807) is 0 Å². The highest BCUT2D eigenvalue weighted by Gasteiger charge is 2.48. The zero-order valence-electron chi connectivity index (χ0n) is 11.3. The summed E-state index contributed by atoms with van der Waals surface area (Å²) in [5.74, 6) is -0.454. The molecule has 0 aromatic carbocycles. The molecule has 1 aromatic rings. The van der Waals surface area contributed by atoms with Crippen molar-refractivity contribution < 1.29 is 14.7 Å². The molecule has 2 fully saturated rings. The molecule has 2 N–H and O–H groups in total. The lowest BCUT2D eigenvalue weighted by atomic mass is 9.65. The topological polar surface area (TPSA) is 79.3 Å². The quantitative estimate of drug-likeness (QED) is 0.861. The molecule has 5 nitrogen and oxygen atoms in total. The van der Waals surface area contributed by atoms with Crippen molar-refractivity contribution in [3.8, 4) is 0 Å². The maximum Gasteiger partial charge on any atom is 0.354 e. The maximum atomic E-state index is 12.1. The van der Waals surface area contributed by atoms with Crippen LogP contribution in [0.25, 0.3) is 0 Å². The van der Waals surface area contributed by atoms with E-state index in [0.29, 0.717) is 11.0 Å². The Kier molecular flexibility index (Phi) is 3.20. The van der Waals surface area contributed by atoms with Gasteiger partial charge in [0.2, 0.25) is 0 Å². The molecule has 1 amide bonds. The Morgan fingerprint density at radius 3 is 2.55 bits per heavy atom. The van der Waals surface area contributed by atoms with Gasteiger partial charge < -0.3 is 10.4 Å². The lowest BCUT2D eigenvalue weighted by Gasteiger charge is -2.42. The number of carboxylic acid groups (broad SMARTS) is 1. The lowest BCUT2D eigenvalue weighted by Crippen LogP contribution is -2.43. The van der Waals surface area contributed by atoms with E-state index >= 15 is 0 Å². The first kappa shape index (κ1) is 13.1. The fourth-order valence-corrected chi connectivity index (χ4v) is 3.07. The Morgan fingerprint density at radius 2 is 2.10 bits per heavy atom. The number of carbonyl (C=O) groups is 2. The lowest BCUT2D eigenvalue weighted by molar-refractivity contribution is 0.0689. The third-order valence-corrected chi connectivity index (χ3v) is 4.64. The van der Waals surface area contributed by atoms with Gasteiger partial charge in [-0.25, -0.2) is 9.78 Å². The summed E-state index contributed by atoms with van der Waals surface area (Å²) in [5.41, 5.74) is 0.708. The summed E-state index contributed by atoms with van der Waals surface area (Å²) in [6, 6.07) is 2.87. The molecule has 0 atom stereocenters. The van der Waals surface area contributed by atoms with Crippen molar-refractivity contribution in [3.05, 3.63) is 29.6 Å². The van der Waals surface area contributed by atoms with Gasteiger partial charge in [0.15, 0.2) is 0 Å². The molecule has 0 saturated heterocycles. The van der Waals surface area contributed by atoms with Crippen LogP contribution in [-0.2, 0) is 0 Å². The fourth-order valence-electron chi connectivity index (χ4n) is 3.07. The third-order valence-electron chi connectivity index (χ3n) is 4.64. The minimum Gasteiger partial charge on any atom is -0.477 e. The molecule has 2 saturated carbocycles. The first-order valence-electron chi connectivity index (χ1n) is 7.08. The largest absolute Gasteiger partial charge is 0.477 e. The van der Waals surface area contributed by atoms with Crippen molar-refractivity contribution in [2.24, 2.45) is 11.3 Å². The Labute approximate surface area is 117 Å². The number of hydrogen-bond donors (Lipinski definition) is 2. The molecule has 0 spiro atoms. The molecule has 1 heterocycles. The third kappa shape index (κ3) is 2.40. The van der Waals surface area contributed by atoms with E-state index in [-0.39, 0.29) is 11.6 Å². The molecule has 20 heavy (non-hydrogen) atoms. The van der Waals surface area contributed by atoms with Gasteiger partial charge in [-0.3, -0.25) is 4.79 Å². The van der Waals surface area contributed by atoms with Crippen molar-refractivity contribution in [1.29, 1.82) is 0 Å². The SMILES string of the molecule is O=C(NCC1(C2CC2)CCC1)c1ccc(C(=O)O)nc1. The van der Waals surface area contributed by atoms with Gasteiger partial charge in [-0.15, -0.1) is 0 Å². The maximum absolute atomic E-state index is 12.1. The monoisotopic (exact) mass is 274 g/mol. The van der Waals surface area contributed by atoms with Gasteiger partial charge in [0.1, 0.15) is 5.69 Å². The number of carboxylic acids is 1. The van der Waals surface area contributed by atoms with E-state index < -0.39 is 5.97 Å². The number of hydrogen-bond acceptors (Lipinski definition) is 3. The Balaban J connectivity index is 1.60. The van der Waals surface area contributed by atoms with Crippen LogP contribution in [0.3, 0.4) is 0 Å². The second-order valence-corrected chi connectivity index (χ2v) is 5.91. The van der Waals surface area contributed by atoms with E-state index in [1.165, 1.54) is 50.4 Å². The van der Waals surface area contributed by atoms with E-state index in [2.05, 4.69) is 10.3 Å². The number of nitrogens with one attached hydrogen (secondary N) is 1. The van der Waals surface area contributed by atoms with E-state index in [9.17, 15) is 9.59 Å². The molecular formula is C15H18N2O3. The zero-order chi connectivity index (χ0) is 14.2. The molecule has 0 bridgehead atoms. The van der Waals surface area contributed by atoms with Crippen LogP contribution in [0, 0.1) is 11.3 Å². The highest BCUT2D eigenvalue weighted by molar-refractivity contribution is 5.94. The highest BCUT2D eigenvalue weighted by Crippen LogP contribution is 2.56. The van der Waals surface area contributed by atoms with Crippen LogP contribution < -0.4 is 5.32 Å². The van der Waals surface area contributed by atoms with E-state index in [1.807, 2.05) is 0 Å². The van der Waals surface area contributed by atoms with Gasteiger partial charge in [-0.2, -0.15) is 0 Å². The zero-order valence-corrected chi connectivity index (χ0v) is 11.3. The molecule has 0 aliphatic heterocycles. The predicted molar refractivity (Wildman–Crippen MR) is 72.5 cm³/mol. The normalized spacial score (nSPS) is 20.0.